The maximum Gasteiger partial charge on any atom is 0.292 e. The smallest absolute Gasteiger partial charge is 0.292 e. The standard InChI is InChI=1S/C28H29N3O4/c1-17-6-9-22-21(4-3-5-24(22)29-17)23-14-20-16-30(28(33)26-18(2)34-12-13-35-26)11-10-25(20)31(27(23)32)15-19-7-8-19/h3-6,9,14,19H,7-8,10-13,15-16H2,1-2H3. The number of nitrogens with zero attached hydrogens (tertiary/aromatic N) is 3. The van der Waals surface area contributed by atoms with Gasteiger partial charge in [0.05, 0.1) is 5.52 Å². The van der Waals surface area contributed by atoms with Crippen molar-refractivity contribution in [3.8, 4) is 11.1 Å². The third-order valence-electron chi connectivity index (χ3n) is 7.22. The zero-order valence-electron chi connectivity index (χ0n) is 20.2. The van der Waals surface area contributed by atoms with Crippen LogP contribution in [0.1, 0.15) is 36.7 Å². The number of hydrogen-bond donors (Lipinski definition) is 0. The summed E-state index contributed by atoms with van der Waals surface area (Å²) in [5.41, 5.74) is 5.50. The van der Waals surface area contributed by atoms with Gasteiger partial charge in [-0.25, -0.2) is 0 Å². The molecule has 0 saturated heterocycles. The Hall–Kier alpha value is -3.61. The summed E-state index contributed by atoms with van der Waals surface area (Å²) in [6, 6.07) is 12.0. The molecule has 1 aromatic carbocycles. The van der Waals surface area contributed by atoms with Crippen molar-refractivity contribution in [3.05, 3.63) is 75.2 Å². The van der Waals surface area contributed by atoms with E-state index in [9.17, 15) is 9.59 Å². The largest absolute Gasteiger partial charge is 0.491 e. The summed E-state index contributed by atoms with van der Waals surface area (Å²) >= 11 is 0. The molecule has 0 bridgehead atoms. The number of allylic oxidation sites excluding steroid dienone is 1. The number of aryl methyl sites for hydroxylation is 1. The van der Waals surface area contributed by atoms with Gasteiger partial charge in [-0.1, -0.05) is 18.2 Å². The van der Waals surface area contributed by atoms with Gasteiger partial charge in [0.15, 0.2) is 0 Å². The number of hydrogen-bond acceptors (Lipinski definition) is 5. The van der Waals surface area contributed by atoms with Gasteiger partial charge in [0.25, 0.3) is 11.5 Å². The molecule has 6 rings (SSSR count). The second kappa shape index (κ2) is 8.56. The van der Waals surface area contributed by atoms with Crippen molar-refractivity contribution in [1.29, 1.82) is 0 Å². The van der Waals surface area contributed by atoms with Crippen molar-refractivity contribution in [2.24, 2.45) is 5.92 Å². The summed E-state index contributed by atoms with van der Waals surface area (Å²) in [5, 5.41) is 0.963. The highest BCUT2D eigenvalue weighted by atomic mass is 16.6. The van der Waals surface area contributed by atoms with Crippen molar-refractivity contribution >= 4 is 16.8 Å². The first kappa shape index (κ1) is 21.9. The van der Waals surface area contributed by atoms with Gasteiger partial charge < -0.3 is 18.9 Å². The molecule has 7 heteroatoms. The number of carbonyl (C=O) groups is 1. The minimum absolute atomic E-state index is 0.0473. The fraction of sp³-hybridized carbons (Fsp3) is 0.393. The highest BCUT2D eigenvalue weighted by Gasteiger charge is 2.32. The predicted molar refractivity (Wildman–Crippen MR) is 133 cm³/mol. The summed E-state index contributed by atoms with van der Waals surface area (Å²) < 4.78 is 13.2. The first-order valence-corrected chi connectivity index (χ1v) is 12.4. The van der Waals surface area contributed by atoms with Crippen LogP contribution in [0.4, 0.5) is 0 Å². The molecule has 1 fully saturated rings. The molecule has 1 amide bonds. The Morgan fingerprint density at radius 2 is 1.91 bits per heavy atom. The number of amides is 1. The summed E-state index contributed by atoms with van der Waals surface area (Å²) in [4.78, 5) is 33.6. The van der Waals surface area contributed by atoms with E-state index >= 15 is 0 Å². The number of pyridine rings is 2. The van der Waals surface area contributed by atoms with Gasteiger partial charge in [0.1, 0.15) is 19.0 Å². The number of fused-ring (bicyclic) bond motifs is 2. The fourth-order valence-corrected chi connectivity index (χ4v) is 5.19. The van der Waals surface area contributed by atoms with Gasteiger partial charge in [-0.2, -0.15) is 0 Å². The lowest BCUT2D eigenvalue weighted by Gasteiger charge is -2.32. The Labute approximate surface area is 204 Å². The Morgan fingerprint density at radius 1 is 1.09 bits per heavy atom. The molecule has 0 unspecified atom stereocenters. The van der Waals surface area contributed by atoms with Crippen molar-refractivity contribution in [2.75, 3.05) is 19.8 Å². The summed E-state index contributed by atoms with van der Waals surface area (Å²) in [5.74, 6) is 1.23. The van der Waals surface area contributed by atoms with Crippen molar-refractivity contribution in [1.82, 2.24) is 14.5 Å². The zero-order chi connectivity index (χ0) is 24.1. The number of aromatic nitrogens is 2. The number of rotatable bonds is 4. The molecule has 0 spiro atoms. The molecule has 4 heterocycles. The predicted octanol–water partition coefficient (Wildman–Crippen LogP) is 3.94. The van der Waals surface area contributed by atoms with Crippen LogP contribution in [0.3, 0.4) is 0 Å². The Balaban J connectivity index is 1.45. The molecule has 3 aromatic rings. The molecular weight excluding hydrogens is 442 g/mol. The monoisotopic (exact) mass is 471 g/mol. The molecule has 0 radical (unpaired) electrons. The van der Waals surface area contributed by atoms with E-state index in [4.69, 9.17) is 9.47 Å². The molecule has 3 aliphatic rings. The fourth-order valence-electron chi connectivity index (χ4n) is 5.19. The molecule has 1 saturated carbocycles. The van der Waals surface area contributed by atoms with Gasteiger partial charge in [0, 0.05) is 48.4 Å². The van der Waals surface area contributed by atoms with Gasteiger partial charge in [0.2, 0.25) is 5.76 Å². The van der Waals surface area contributed by atoms with Crippen molar-refractivity contribution < 1.29 is 14.3 Å². The molecule has 2 aromatic heterocycles. The lowest BCUT2D eigenvalue weighted by atomic mass is 9.96. The lowest BCUT2D eigenvalue weighted by Crippen LogP contribution is -2.41. The summed E-state index contributed by atoms with van der Waals surface area (Å²) in [6.45, 7) is 6.31. The molecule has 180 valence electrons. The summed E-state index contributed by atoms with van der Waals surface area (Å²) in [6.07, 6.45) is 2.98. The quantitative estimate of drug-likeness (QED) is 0.576. The van der Waals surface area contributed by atoms with Crippen LogP contribution >= 0.6 is 0 Å². The normalized spacial score (nSPS) is 17.7. The average molecular weight is 472 g/mol. The molecule has 0 atom stereocenters. The van der Waals surface area contributed by atoms with Gasteiger partial charge >= 0.3 is 0 Å². The van der Waals surface area contributed by atoms with E-state index in [1.807, 2.05) is 47.9 Å². The van der Waals surface area contributed by atoms with Crippen LogP contribution in [0.25, 0.3) is 22.0 Å². The third kappa shape index (κ3) is 3.99. The van der Waals surface area contributed by atoms with Crippen LogP contribution in [0.15, 0.2) is 52.7 Å². The SMILES string of the molecule is CC1=C(C(=O)N2CCc3c(cc(-c4cccc5nc(C)ccc45)c(=O)n3CC3CC3)C2)OCCO1. The van der Waals surface area contributed by atoms with E-state index in [2.05, 4.69) is 4.98 Å². The number of carbonyl (C=O) groups excluding carboxylic acids is 1. The lowest BCUT2D eigenvalue weighted by molar-refractivity contribution is -0.133. The van der Waals surface area contributed by atoms with Crippen LogP contribution < -0.4 is 5.56 Å². The molecular formula is C28H29N3O4. The van der Waals surface area contributed by atoms with Gasteiger partial charge in [-0.15, -0.1) is 0 Å². The minimum atomic E-state index is -0.154. The molecule has 35 heavy (non-hydrogen) atoms. The van der Waals surface area contributed by atoms with Crippen molar-refractivity contribution in [2.45, 2.75) is 46.2 Å². The Morgan fingerprint density at radius 3 is 2.71 bits per heavy atom. The van der Waals surface area contributed by atoms with E-state index in [1.165, 1.54) is 0 Å². The van der Waals surface area contributed by atoms with Crippen LogP contribution in [0.2, 0.25) is 0 Å². The maximum absolute atomic E-state index is 13.8. The molecule has 0 N–H and O–H groups in total. The Bertz CT molecular complexity index is 1430. The zero-order valence-corrected chi connectivity index (χ0v) is 20.2. The molecule has 2 aliphatic heterocycles. The number of ether oxygens (including phenoxy) is 2. The minimum Gasteiger partial charge on any atom is -0.491 e. The molecule has 7 nitrogen and oxygen atoms in total. The highest BCUT2D eigenvalue weighted by Crippen LogP contribution is 2.34. The first-order valence-electron chi connectivity index (χ1n) is 12.4. The van der Waals surface area contributed by atoms with E-state index in [1.54, 1.807) is 11.8 Å². The summed E-state index contributed by atoms with van der Waals surface area (Å²) in [7, 11) is 0. The third-order valence-corrected chi connectivity index (χ3v) is 7.22. The van der Waals surface area contributed by atoms with E-state index < -0.39 is 0 Å². The van der Waals surface area contributed by atoms with Gasteiger partial charge in [-0.05, 0) is 61.9 Å². The number of benzene rings is 1. The van der Waals surface area contributed by atoms with Crippen LogP contribution in [-0.2, 0) is 33.8 Å². The van der Waals surface area contributed by atoms with Crippen LogP contribution in [0.5, 0.6) is 0 Å². The first-order chi connectivity index (χ1) is 17.0. The van der Waals surface area contributed by atoms with E-state index in [0.29, 0.717) is 55.7 Å². The van der Waals surface area contributed by atoms with Gasteiger partial charge in [-0.3, -0.25) is 14.6 Å². The van der Waals surface area contributed by atoms with Crippen LogP contribution in [0, 0.1) is 12.8 Å². The topological polar surface area (TPSA) is 73.7 Å². The highest BCUT2D eigenvalue weighted by molar-refractivity contribution is 5.95. The van der Waals surface area contributed by atoms with E-state index in [0.717, 1.165) is 52.8 Å². The maximum atomic E-state index is 13.8. The average Bonchev–Trinajstić information content (AvgIpc) is 3.69. The van der Waals surface area contributed by atoms with Crippen molar-refractivity contribution in [3.63, 3.8) is 0 Å². The second-order valence-electron chi connectivity index (χ2n) is 9.77. The van der Waals surface area contributed by atoms with Crippen LogP contribution in [-0.4, -0.2) is 40.1 Å². The molecule has 1 aliphatic carbocycles. The second-order valence-corrected chi connectivity index (χ2v) is 9.77. The van der Waals surface area contributed by atoms with E-state index in [-0.39, 0.29) is 11.5 Å². The Kier molecular flexibility index (Phi) is 5.35.